The van der Waals surface area contributed by atoms with Crippen molar-refractivity contribution in [2.45, 2.75) is 334 Å². The lowest BCUT2D eigenvalue weighted by molar-refractivity contribution is -0.870. The summed E-state index contributed by atoms with van der Waals surface area (Å²) in [7, 11) is 5.94. The van der Waals surface area contributed by atoms with Gasteiger partial charge in [-0.15, -0.1) is 0 Å². The summed E-state index contributed by atoms with van der Waals surface area (Å²) >= 11 is 0. The standard InChI is InChI=1S/C62H121NO8/c1-6-8-10-12-14-16-18-20-22-24-26-27-28-29-30-31-32-33-35-37-39-41-43-45-47-49-51-53-60(65)71-58(57-70-62(61(66)67)68-55-54-63(3,4)5)56-69-59(64)52-50-48-46-44-42-40-38-36-34-25-23-21-19-17-15-13-11-9-7-2/h58,62H,6-57H2,1-5H3. The molecule has 0 aromatic heterocycles. The Labute approximate surface area is 441 Å². The summed E-state index contributed by atoms with van der Waals surface area (Å²) in [6.45, 7) is 4.83. The van der Waals surface area contributed by atoms with Crippen LogP contribution < -0.4 is 5.11 Å². The highest BCUT2D eigenvalue weighted by Gasteiger charge is 2.22. The molecular formula is C62H121NO8. The van der Waals surface area contributed by atoms with Crippen molar-refractivity contribution in [3.8, 4) is 0 Å². The van der Waals surface area contributed by atoms with Gasteiger partial charge in [0.25, 0.3) is 0 Å². The van der Waals surface area contributed by atoms with Crippen LogP contribution in [0.4, 0.5) is 0 Å². The average Bonchev–Trinajstić information content (AvgIpc) is 3.34. The Hall–Kier alpha value is -1.71. The maximum Gasteiger partial charge on any atom is 0.306 e. The van der Waals surface area contributed by atoms with Crippen LogP contribution in [0.25, 0.3) is 0 Å². The molecule has 0 N–H and O–H groups in total. The van der Waals surface area contributed by atoms with E-state index in [1.807, 2.05) is 21.1 Å². The minimum atomic E-state index is -1.61. The summed E-state index contributed by atoms with van der Waals surface area (Å²) in [5, 5.41) is 11.8. The Morgan fingerprint density at radius 3 is 0.901 bits per heavy atom. The Kier molecular flexibility index (Phi) is 53.2. The summed E-state index contributed by atoms with van der Waals surface area (Å²) in [6.07, 6.45) is 58.8. The van der Waals surface area contributed by atoms with E-state index >= 15 is 0 Å². The van der Waals surface area contributed by atoms with Gasteiger partial charge in [0.15, 0.2) is 12.4 Å². The van der Waals surface area contributed by atoms with Gasteiger partial charge in [-0.25, -0.2) is 0 Å². The van der Waals surface area contributed by atoms with Crippen molar-refractivity contribution in [2.24, 2.45) is 0 Å². The number of hydrogen-bond donors (Lipinski definition) is 0. The van der Waals surface area contributed by atoms with E-state index in [0.29, 0.717) is 17.4 Å². The van der Waals surface area contributed by atoms with Gasteiger partial charge in [0, 0.05) is 12.8 Å². The Bertz CT molecular complexity index is 1130. The topological polar surface area (TPSA) is 111 Å². The molecule has 422 valence electrons. The molecule has 0 rings (SSSR count). The molecule has 0 radical (unpaired) electrons. The van der Waals surface area contributed by atoms with Crippen molar-refractivity contribution in [2.75, 3.05) is 47.5 Å². The van der Waals surface area contributed by atoms with E-state index in [2.05, 4.69) is 13.8 Å². The zero-order valence-electron chi connectivity index (χ0n) is 48.1. The third kappa shape index (κ3) is 55.9. The number of carboxylic acids is 1. The molecule has 0 bridgehead atoms. The molecule has 0 aliphatic rings. The normalized spacial score (nSPS) is 12.6. The molecule has 9 nitrogen and oxygen atoms in total. The highest BCUT2D eigenvalue weighted by Crippen LogP contribution is 2.18. The lowest BCUT2D eigenvalue weighted by Gasteiger charge is -2.26. The van der Waals surface area contributed by atoms with E-state index in [1.165, 1.54) is 257 Å². The molecule has 0 heterocycles. The minimum absolute atomic E-state index is 0.153. The van der Waals surface area contributed by atoms with Gasteiger partial charge in [-0.1, -0.05) is 296 Å². The van der Waals surface area contributed by atoms with E-state index in [1.54, 1.807) is 0 Å². The van der Waals surface area contributed by atoms with Gasteiger partial charge in [-0.05, 0) is 12.8 Å². The van der Waals surface area contributed by atoms with Gasteiger partial charge in [-0.2, -0.15) is 0 Å². The lowest BCUT2D eigenvalue weighted by atomic mass is 10.0. The maximum absolute atomic E-state index is 12.9. The predicted molar refractivity (Wildman–Crippen MR) is 297 cm³/mol. The zero-order chi connectivity index (χ0) is 52.0. The van der Waals surface area contributed by atoms with Crippen molar-refractivity contribution in [3.63, 3.8) is 0 Å². The second-order valence-electron chi connectivity index (χ2n) is 22.7. The highest BCUT2D eigenvalue weighted by molar-refractivity contribution is 5.70. The van der Waals surface area contributed by atoms with Crippen molar-refractivity contribution < 1.29 is 42.9 Å². The van der Waals surface area contributed by atoms with E-state index in [0.717, 1.165) is 38.5 Å². The van der Waals surface area contributed by atoms with Crippen molar-refractivity contribution in [1.29, 1.82) is 0 Å². The number of nitrogens with zero attached hydrogens (tertiary/aromatic N) is 1. The largest absolute Gasteiger partial charge is 0.545 e. The van der Waals surface area contributed by atoms with E-state index in [4.69, 9.17) is 18.9 Å². The second-order valence-corrected chi connectivity index (χ2v) is 22.7. The summed E-state index contributed by atoms with van der Waals surface area (Å²) in [5.74, 6) is -2.25. The van der Waals surface area contributed by atoms with Gasteiger partial charge >= 0.3 is 11.9 Å². The number of likely N-dealkylation sites (N-methyl/N-ethyl adjacent to an activating group) is 1. The lowest BCUT2D eigenvalue weighted by Crippen LogP contribution is -2.44. The van der Waals surface area contributed by atoms with Crippen LogP contribution in [-0.4, -0.2) is 82.3 Å². The first-order valence-corrected chi connectivity index (χ1v) is 31.2. The maximum atomic E-state index is 12.9. The predicted octanol–water partition coefficient (Wildman–Crippen LogP) is 17.0. The molecule has 0 saturated heterocycles. The number of quaternary nitrogens is 1. The molecule has 2 unspecified atom stereocenters. The highest BCUT2D eigenvalue weighted by atomic mass is 16.7. The summed E-state index contributed by atoms with van der Waals surface area (Å²) in [6, 6.07) is 0. The van der Waals surface area contributed by atoms with E-state index in [-0.39, 0.29) is 32.2 Å². The molecule has 0 aliphatic heterocycles. The van der Waals surface area contributed by atoms with Crippen LogP contribution in [0.15, 0.2) is 0 Å². The Balaban J connectivity index is 4.12. The quantitative estimate of drug-likeness (QED) is 0.0256. The molecule has 0 fully saturated rings. The van der Waals surface area contributed by atoms with Crippen molar-refractivity contribution in [1.82, 2.24) is 0 Å². The van der Waals surface area contributed by atoms with Gasteiger partial charge in [0.1, 0.15) is 13.2 Å². The first kappa shape index (κ1) is 69.3. The summed E-state index contributed by atoms with van der Waals surface area (Å²) < 4.78 is 22.8. The van der Waals surface area contributed by atoms with Crippen LogP contribution in [0.5, 0.6) is 0 Å². The number of unbranched alkanes of at least 4 members (excludes halogenated alkanes) is 44. The number of esters is 2. The van der Waals surface area contributed by atoms with Gasteiger partial charge < -0.3 is 33.3 Å². The SMILES string of the molecule is CCCCCCCCCCCCCCCCCCCCCCCCCCCCCC(=O)OC(COC(=O)CCCCCCCCCCCCCCCCCCCCC)COC(OCC[N+](C)(C)C)C(=O)[O-]. The van der Waals surface area contributed by atoms with E-state index in [9.17, 15) is 19.5 Å². The fourth-order valence-corrected chi connectivity index (χ4v) is 9.54. The van der Waals surface area contributed by atoms with Crippen LogP contribution in [0, 0.1) is 0 Å². The number of ether oxygens (including phenoxy) is 4. The molecule has 71 heavy (non-hydrogen) atoms. The number of hydrogen-bond acceptors (Lipinski definition) is 8. The molecular weight excluding hydrogens is 887 g/mol. The fraction of sp³-hybridized carbons (Fsp3) is 0.952. The molecule has 0 aromatic carbocycles. The smallest absolute Gasteiger partial charge is 0.306 e. The Morgan fingerprint density at radius 2 is 0.634 bits per heavy atom. The number of rotatable bonds is 59. The molecule has 9 heteroatoms. The monoisotopic (exact) mass is 1010 g/mol. The number of carbonyl (C=O) groups excluding carboxylic acids is 3. The van der Waals surface area contributed by atoms with Crippen LogP contribution in [0.1, 0.15) is 322 Å². The number of carbonyl (C=O) groups is 3. The third-order valence-corrected chi connectivity index (χ3v) is 14.4. The van der Waals surface area contributed by atoms with E-state index < -0.39 is 24.3 Å². The first-order chi connectivity index (χ1) is 34.6. The van der Waals surface area contributed by atoms with Gasteiger partial charge in [-0.3, -0.25) is 9.59 Å². The van der Waals surface area contributed by atoms with Crippen LogP contribution in [0.2, 0.25) is 0 Å². The fourth-order valence-electron chi connectivity index (χ4n) is 9.54. The van der Waals surface area contributed by atoms with Gasteiger partial charge in [0.05, 0.1) is 40.3 Å². The molecule has 0 aromatic rings. The van der Waals surface area contributed by atoms with Crippen molar-refractivity contribution >= 4 is 17.9 Å². The van der Waals surface area contributed by atoms with Crippen LogP contribution >= 0.6 is 0 Å². The van der Waals surface area contributed by atoms with Crippen LogP contribution in [0.3, 0.4) is 0 Å². The molecule has 0 amide bonds. The molecule has 2 atom stereocenters. The second kappa shape index (κ2) is 54.5. The molecule has 0 spiro atoms. The Morgan fingerprint density at radius 1 is 0.366 bits per heavy atom. The summed E-state index contributed by atoms with van der Waals surface area (Å²) in [5.41, 5.74) is 0. The van der Waals surface area contributed by atoms with Crippen molar-refractivity contribution in [3.05, 3.63) is 0 Å². The number of aliphatic carboxylic acids is 1. The third-order valence-electron chi connectivity index (χ3n) is 14.4. The first-order valence-electron chi connectivity index (χ1n) is 31.2. The van der Waals surface area contributed by atoms with Gasteiger partial charge in [0.2, 0.25) is 0 Å². The molecule has 0 aliphatic carbocycles. The average molecular weight is 1010 g/mol. The van der Waals surface area contributed by atoms with Crippen LogP contribution in [-0.2, 0) is 33.3 Å². The molecule has 0 saturated carbocycles. The zero-order valence-corrected chi connectivity index (χ0v) is 48.1. The summed E-state index contributed by atoms with van der Waals surface area (Å²) in [4.78, 5) is 37.3. The number of carboxylic acid groups (broad SMARTS) is 1. The minimum Gasteiger partial charge on any atom is -0.545 e.